The van der Waals surface area contributed by atoms with Gasteiger partial charge in [-0.3, -0.25) is 13.9 Å². The fourth-order valence-corrected chi connectivity index (χ4v) is 6.47. The number of ether oxygens (including phenoxy) is 2. The first-order valence-corrected chi connectivity index (χ1v) is 15.9. The van der Waals surface area contributed by atoms with Crippen molar-refractivity contribution in [3.63, 3.8) is 0 Å². The Morgan fingerprint density at radius 1 is 0.822 bits per heavy atom. The summed E-state index contributed by atoms with van der Waals surface area (Å²) in [4.78, 5) is 29.3. The van der Waals surface area contributed by atoms with Gasteiger partial charge in [0.2, 0.25) is 11.8 Å². The lowest BCUT2D eigenvalue weighted by Crippen LogP contribution is -2.53. The predicted molar refractivity (Wildman–Crippen MR) is 175 cm³/mol. The molecule has 2 amide bonds. The van der Waals surface area contributed by atoms with E-state index in [1.54, 1.807) is 24.3 Å². The molecule has 0 aromatic heterocycles. The van der Waals surface area contributed by atoms with Crippen LogP contribution in [0.3, 0.4) is 0 Å². The van der Waals surface area contributed by atoms with Crippen LogP contribution >= 0.6 is 0 Å². The molecule has 236 valence electrons. The van der Waals surface area contributed by atoms with Gasteiger partial charge in [-0.2, -0.15) is 0 Å². The van der Waals surface area contributed by atoms with Gasteiger partial charge in [0.05, 0.1) is 24.8 Å². The van der Waals surface area contributed by atoms with Crippen LogP contribution < -0.4 is 19.1 Å². The monoisotopic (exact) mass is 629 g/mol. The lowest BCUT2D eigenvalue weighted by molar-refractivity contribution is -0.139. The molecule has 0 radical (unpaired) electrons. The Morgan fingerprint density at radius 2 is 1.47 bits per heavy atom. The van der Waals surface area contributed by atoms with Crippen LogP contribution in [0.25, 0.3) is 0 Å². The van der Waals surface area contributed by atoms with Crippen LogP contribution in [0.5, 0.6) is 11.5 Å². The van der Waals surface area contributed by atoms with Gasteiger partial charge in [0.1, 0.15) is 12.6 Å². The van der Waals surface area contributed by atoms with Gasteiger partial charge in [0.25, 0.3) is 10.0 Å². The number of nitrogens with zero attached hydrogens (tertiary/aromatic N) is 2. The Labute approximate surface area is 265 Å². The zero-order valence-electron chi connectivity index (χ0n) is 26.2. The van der Waals surface area contributed by atoms with Gasteiger partial charge < -0.3 is 19.7 Å². The van der Waals surface area contributed by atoms with Crippen molar-refractivity contribution in [2.24, 2.45) is 0 Å². The molecule has 0 saturated heterocycles. The Bertz CT molecular complexity index is 1730. The van der Waals surface area contributed by atoms with Crippen LogP contribution in [0.4, 0.5) is 5.69 Å². The number of likely N-dealkylation sites (N-methyl/N-ethyl adjacent to an activating group) is 1. The lowest BCUT2D eigenvalue weighted by atomic mass is 10.0. The van der Waals surface area contributed by atoms with E-state index in [1.165, 1.54) is 44.4 Å². The number of anilines is 1. The third-order valence-corrected chi connectivity index (χ3v) is 9.43. The predicted octanol–water partition coefficient (Wildman–Crippen LogP) is 4.90. The van der Waals surface area contributed by atoms with Crippen LogP contribution in [0, 0.1) is 13.8 Å². The number of aryl methyl sites for hydroxylation is 2. The molecule has 4 aromatic rings. The topological polar surface area (TPSA) is 105 Å². The number of nitrogens with one attached hydrogen (secondary N) is 1. The third kappa shape index (κ3) is 7.82. The zero-order valence-corrected chi connectivity index (χ0v) is 27.0. The molecule has 0 aliphatic rings. The van der Waals surface area contributed by atoms with E-state index >= 15 is 0 Å². The molecule has 4 rings (SSSR count). The zero-order chi connectivity index (χ0) is 32.6. The first-order chi connectivity index (χ1) is 21.6. The molecule has 0 aliphatic carbocycles. The van der Waals surface area contributed by atoms with Crippen molar-refractivity contribution >= 4 is 27.5 Å². The highest BCUT2D eigenvalue weighted by molar-refractivity contribution is 7.92. The average molecular weight is 630 g/mol. The number of benzene rings is 4. The Kier molecular flexibility index (Phi) is 10.9. The van der Waals surface area contributed by atoms with Crippen molar-refractivity contribution in [2.75, 3.05) is 32.1 Å². The maximum atomic E-state index is 14.5. The number of rotatable bonds is 13. The van der Waals surface area contributed by atoms with Crippen LogP contribution in [-0.4, -0.2) is 59.0 Å². The SMILES string of the molecule is CNC(=O)[C@H](Cc1ccccc1)N(Cc1ccccc1C)C(=O)CN(c1ccc(C)cc1)S(=O)(=O)c1ccc(OC)c(OC)c1. The summed E-state index contributed by atoms with van der Waals surface area (Å²) in [5.41, 5.74) is 3.88. The minimum absolute atomic E-state index is 0.0777. The molecule has 0 bridgehead atoms. The van der Waals surface area contributed by atoms with Crippen molar-refractivity contribution in [2.45, 2.75) is 37.8 Å². The minimum atomic E-state index is -4.29. The second kappa shape index (κ2) is 14.8. The van der Waals surface area contributed by atoms with Gasteiger partial charge in [-0.1, -0.05) is 72.3 Å². The second-order valence-corrected chi connectivity index (χ2v) is 12.5. The number of hydrogen-bond acceptors (Lipinski definition) is 6. The number of methoxy groups -OCH3 is 2. The molecule has 0 fully saturated rings. The fraction of sp³-hybridized carbons (Fsp3) is 0.257. The quantitative estimate of drug-likeness (QED) is 0.226. The van der Waals surface area contributed by atoms with Gasteiger partial charge in [0.15, 0.2) is 11.5 Å². The number of sulfonamides is 1. The summed E-state index contributed by atoms with van der Waals surface area (Å²) in [6, 6.07) is 27.3. The van der Waals surface area contributed by atoms with E-state index in [9.17, 15) is 18.0 Å². The van der Waals surface area contributed by atoms with Gasteiger partial charge in [-0.15, -0.1) is 0 Å². The highest BCUT2D eigenvalue weighted by atomic mass is 32.2. The Balaban J connectivity index is 1.81. The molecule has 0 heterocycles. The minimum Gasteiger partial charge on any atom is -0.493 e. The van der Waals surface area contributed by atoms with Gasteiger partial charge in [0, 0.05) is 26.1 Å². The van der Waals surface area contributed by atoms with Crippen molar-refractivity contribution in [1.82, 2.24) is 10.2 Å². The molecule has 1 N–H and O–H groups in total. The van der Waals surface area contributed by atoms with Gasteiger partial charge in [-0.25, -0.2) is 8.42 Å². The van der Waals surface area contributed by atoms with Crippen LogP contribution in [-0.2, 0) is 32.6 Å². The maximum absolute atomic E-state index is 14.5. The van der Waals surface area contributed by atoms with E-state index in [1.807, 2.05) is 68.4 Å². The summed E-state index contributed by atoms with van der Waals surface area (Å²) < 4.78 is 40.3. The van der Waals surface area contributed by atoms with Crippen LogP contribution in [0.15, 0.2) is 102 Å². The molecule has 9 nitrogen and oxygen atoms in total. The Hall–Kier alpha value is -4.83. The van der Waals surface area contributed by atoms with E-state index in [2.05, 4.69) is 5.32 Å². The molecule has 0 unspecified atom stereocenters. The standard InChI is InChI=1S/C35H39N3O6S/c1-25-15-17-29(18-16-25)38(45(41,42)30-19-20-32(43-4)33(22-30)44-5)24-34(39)37(23-28-14-10-9-11-26(28)2)31(35(40)36-3)21-27-12-7-6-8-13-27/h6-20,22,31H,21,23-24H2,1-5H3,(H,36,40)/t31-/m0/s1. The van der Waals surface area contributed by atoms with Crippen LogP contribution in [0.2, 0.25) is 0 Å². The number of amides is 2. The highest BCUT2D eigenvalue weighted by Crippen LogP contribution is 2.32. The molecule has 0 spiro atoms. The molecular weight excluding hydrogens is 590 g/mol. The number of hydrogen-bond donors (Lipinski definition) is 1. The summed E-state index contributed by atoms with van der Waals surface area (Å²) in [5.74, 6) is -0.288. The summed E-state index contributed by atoms with van der Waals surface area (Å²) in [5, 5.41) is 2.70. The molecule has 4 aromatic carbocycles. The normalized spacial score (nSPS) is 11.8. The van der Waals surface area contributed by atoms with Gasteiger partial charge >= 0.3 is 0 Å². The average Bonchev–Trinajstić information content (AvgIpc) is 3.06. The first kappa shape index (κ1) is 33.1. The second-order valence-electron chi connectivity index (χ2n) is 10.6. The largest absolute Gasteiger partial charge is 0.493 e. The third-order valence-electron chi connectivity index (χ3n) is 7.66. The van der Waals surface area contributed by atoms with E-state index in [0.717, 1.165) is 26.6 Å². The highest BCUT2D eigenvalue weighted by Gasteiger charge is 2.34. The first-order valence-electron chi connectivity index (χ1n) is 14.5. The molecule has 0 saturated carbocycles. The van der Waals surface area contributed by atoms with Crippen molar-refractivity contribution in [3.8, 4) is 11.5 Å². The van der Waals surface area contributed by atoms with Crippen LogP contribution in [0.1, 0.15) is 22.3 Å². The molecule has 45 heavy (non-hydrogen) atoms. The molecular formula is C35H39N3O6S. The lowest BCUT2D eigenvalue weighted by Gasteiger charge is -2.34. The van der Waals surface area contributed by atoms with E-state index in [-0.39, 0.29) is 29.5 Å². The number of carbonyl (C=O) groups is 2. The van der Waals surface area contributed by atoms with E-state index < -0.39 is 28.5 Å². The van der Waals surface area contributed by atoms with E-state index in [0.29, 0.717) is 11.4 Å². The maximum Gasteiger partial charge on any atom is 0.264 e. The molecule has 10 heteroatoms. The summed E-state index contributed by atoms with van der Waals surface area (Å²) in [6.07, 6.45) is 0.241. The smallest absolute Gasteiger partial charge is 0.264 e. The van der Waals surface area contributed by atoms with Gasteiger partial charge in [-0.05, 0) is 54.8 Å². The van der Waals surface area contributed by atoms with Crippen molar-refractivity contribution in [1.29, 1.82) is 0 Å². The molecule has 0 aliphatic heterocycles. The summed E-state index contributed by atoms with van der Waals surface area (Å²) >= 11 is 0. The van der Waals surface area contributed by atoms with Crippen molar-refractivity contribution < 1.29 is 27.5 Å². The summed E-state index contributed by atoms with van der Waals surface area (Å²) in [6.45, 7) is 3.39. The molecule has 1 atom stereocenters. The number of carbonyl (C=O) groups excluding carboxylic acids is 2. The summed E-state index contributed by atoms with van der Waals surface area (Å²) in [7, 11) is 0.114. The van der Waals surface area contributed by atoms with Crippen molar-refractivity contribution in [3.05, 3.63) is 119 Å². The Morgan fingerprint density at radius 3 is 2.09 bits per heavy atom. The van der Waals surface area contributed by atoms with E-state index in [4.69, 9.17) is 9.47 Å². The fourth-order valence-electron chi connectivity index (χ4n) is 5.04.